The molecule has 6 heteroatoms. The third-order valence-electron chi connectivity index (χ3n) is 2.66. The number of nitrogens with zero attached hydrogens (tertiary/aromatic N) is 2. The third kappa shape index (κ3) is 3.42. The van der Waals surface area contributed by atoms with Gasteiger partial charge in [-0.25, -0.2) is 13.3 Å². The Morgan fingerprint density at radius 3 is 2.60 bits per heavy atom. The van der Waals surface area contributed by atoms with Crippen molar-refractivity contribution in [1.82, 2.24) is 8.52 Å². The molecule has 20 heavy (non-hydrogen) atoms. The predicted octanol–water partition coefficient (Wildman–Crippen LogP) is 1.27. The van der Waals surface area contributed by atoms with Crippen LogP contribution in [0, 0.1) is 0 Å². The Bertz CT molecular complexity index is 738. The molecule has 0 N–H and O–H groups in total. The lowest BCUT2D eigenvalue weighted by molar-refractivity contribution is -0.112. The first kappa shape index (κ1) is 14.2. The molecular weight excluding hydrogens is 276 g/mol. The molecule has 104 valence electrons. The van der Waals surface area contributed by atoms with Crippen LogP contribution in [0.2, 0.25) is 0 Å². The summed E-state index contributed by atoms with van der Waals surface area (Å²) in [6.45, 7) is 1.93. The molecule has 2 aromatic rings. The van der Waals surface area contributed by atoms with Crippen LogP contribution < -0.4 is 10.6 Å². The molecule has 0 spiro atoms. The number of benzene rings is 1. The molecule has 0 fully saturated rings. The number of carbonyl (C=O) groups is 1. The molecule has 1 aromatic heterocycles. The van der Waals surface area contributed by atoms with Crippen molar-refractivity contribution in [1.29, 1.82) is 0 Å². The average Bonchev–Trinajstić information content (AvgIpc) is 2.67. The maximum Gasteiger partial charge on any atom is 0.341 e. The Hall–Kier alpha value is -2.21. The number of rotatable bonds is 5. The van der Waals surface area contributed by atoms with E-state index in [1.807, 2.05) is 30.3 Å². The Morgan fingerprint density at radius 1 is 1.25 bits per heavy atom. The summed E-state index contributed by atoms with van der Waals surface area (Å²) in [6.07, 6.45) is 2.96. The molecule has 5 nitrogen and oxygen atoms in total. The second kappa shape index (κ2) is 6.29. The van der Waals surface area contributed by atoms with Crippen molar-refractivity contribution >= 4 is 17.3 Å². The highest BCUT2D eigenvalue weighted by Gasteiger charge is 2.09. The fourth-order valence-electron chi connectivity index (χ4n) is 1.72. The molecule has 0 aliphatic heterocycles. The predicted molar refractivity (Wildman–Crippen MR) is 78.2 cm³/mol. The van der Waals surface area contributed by atoms with Crippen LogP contribution >= 0.6 is 11.5 Å². The Balaban J connectivity index is 2.23. The molecule has 1 aromatic carbocycles. The van der Waals surface area contributed by atoms with E-state index < -0.39 is 0 Å². The van der Waals surface area contributed by atoms with Gasteiger partial charge in [-0.2, -0.15) is 0 Å². The highest BCUT2D eigenvalue weighted by Crippen LogP contribution is 2.00. The molecule has 0 aliphatic carbocycles. The smallest absolute Gasteiger partial charge is 0.295 e. The van der Waals surface area contributed by atoms with Gasteiger partial charge in [-0.05, 0) is 18.6 Å². The van der Waals surface area contributed by atoms with Gasteiger partial charge in [-0.3, -0.25) is 9.59 Å². The number of carbonyl (C=O) groups excluding carboxylic acids is 1. The number of aromatic nitrogens is 2. The summed E-state index contributed by atoms with van der Waals surface area (Å²) >= 11 is 0.861. The van der Waals surface area contributed by atoms with E-state index in [0.717, 1.165) is 17.1 Å². The number of hydrogen-bond donors (Lipinski definition) is 0. The maximum atomic E-state index is 12.1. The summed E-state index contributed by atoms with van der Waals surface area (Å²) in [6, 6.07) is 9.33. The van der Waals surface area contributed by atoms with E-state index in [2.05, 4.69) is 0 Å². The summed E-state index contributed by atoms with van der Waals surface area (Å²) in [7, 11) is 0. The minimum atomic E-state index is -0.350. The van der Waals surface area contributed by atoms with Gasteiger partial charge < -0.3 is 0 Å². The van der Waals surface area contributed by atoms with E-state index >= 15 is 0 Å². The van der Waals surface area contributed by atoms with Crippen molar-refractivity contribution < 1.29 is 4.79 Å². The lowest BCUT2D eigenvalue weighted by Gasteiger charge is -1.99. The topological polar surface area (TPSA) is 61.1 Å². The zero-order chi connectivity index (χ0) is 14.5. The van der Waals surface area contributed by atoms with Gasteiger partial charge in [0.05, 0.1) is 13.1 Å². The number of allylic oxidation sites excluding steroid dienone is 2. The molecule has 2 rings (SSSR count). The highest BCUT2D eigenvalue weighted by atomic mass is 32.1. The van der Waals surface area contributed by atoms with Crippen molar-refractivity contribution in [3.05, 3.63) is 68.2 Å². The van der Waals surface area contributed by atoms with Gasteiger partial charge in [0.15, 0.2) is 5.78 Å². The van der Waals surface area contributed by atoms with Gasteiger partial charge >= 0.3 is 10.6 Å². The quantitative estimate of drug-likeness (QED) is 0.779. The molecule has 1 heterocycles. The molecule has 0 saturated heterocycles. The molecule has 0 radical (unpaired) electrons. The highest BCUT2D eigenvalue weighted by molar-refractivity contribution is 7.03. The van der Waals surface area contributed by atoms with Gasteiger partial charge in [-0.1, -0.05) is 36.4 Å². The Labute approximate surface area is 119 Å². The zero-order valence-corrected chi connectivity index (χ0v) is 11.8. The fraction of sp³-hybridized carbons (Fsp3) is 0.214. The van der Waals surface area contributed by atoms with Gasteiger partial charge in [0.2, 0.25) is 0 Å². The number of ketones is 1. The first-order valence-corrected chi connectivity index (χ1v) is 6.87. The van der Waals surface area contributed by atoms with E-state index in [0.29, 0.717) is 0 Å². The van der Waals surface area contributed by atoms with Crippen molar-refractivity contribution in [2.45, 2.75) is 20.0 Å². The first-order valence-electron chi connectivity index (χ1n) is 6.10. The summed E-state index contributed by atoms with van der Waals surface area (Å²) in [4.78, 5) is 34.4. The van der Waals surface area contributed by atoms with Gasteiger partial charge in [-0.15, -0.1) is 0 Å². The van der Waals surface area contributed by atoms with E-state index in [1.54, 1.807) is 6.08 Å². The molecule has 0 bridgehead atoms. The zero-order valence-electron chi connectivity index (χ0n) is 11.0. The normalized spacial score (nSPS) is 11.1. The van der Waals surface area contributed by atoms with Gasteiger partial charge in [0.25, 0.3) is 0 Å². The molecule has 0 unspecified atom stereocenters. The van der Waals surface area contributed by atoms with Crippen LogP contribution in [0.25, 0.3) is 0 Å². The van der Waals surface area contributed by atoms with Gasteiger partial charge in [0, 0.05) is 11.5 Å². The standard InChI is InChI=1S/C14H14N2O3S/c1-11(17)6-5-9-16-13(18)15(14(19)20-16)10-12-7-3-2-4-8-12/h2-8H,9-10H2,1H3/b6-5+. The van der Waals surface area contributed by atoms with Crippen LogP contribution in [0.4, 0.5) is 0 Å². The molecule has 0 saturated carbocycles. The lowest BCUT2D eigenvalue weighted by atomic mass is 10.2. The van der Waals surface area contributed by atoms with Crippen LogP contribution in [0.5, 0.6) is 0 Å². The lowest BCUT2D eigenvalue weighted by Crippen LogP contribution is -2.29. The Kier molecular flexibility index (Phi) is 4.47. The molecule has 0 aliphatic rings. The van der Waals surface area contributed by atoms with Crippen molar-refractivity contribution in [3.8, 4) is 0 Å². The third-order valence-corrected chi connectivity index (χ3v) is 3.56. The van der Waals surface area contributed by atoms with E-state index in [9.17, 15) is 14.4 Å². The summed E-state index contributed by atoms with van der Waals surface area (Å²) in [5.41, 5.74) is 0.549. The van der Waals surface area contributed by atoms with E-state index in [-0.39, 0.29) is 29.4 Å². The monoisotopic (exact) mass is 290 g/mol. The van der Waals surface area contributed by atoms with Crippen LogP contribution in [-0.2, 0) is 17.9 Å². The SMILES string of the molecule is CC(=O)/C=C/Cn1sc(=O)n(Cc2ccccc2)c1=O. The van der Waals surface area contributed by atoms with Crippen molar-refractivity contribution in [2.75, 3.05) is 0 Å². The van der Waals surface area contributed by atoms with E-state index in [1.165, 1.54) is 21.5 Å². The molecular formula is C14H14N2O3S. The molecule has 0 atom stereocenters. The van der Waals surface area contributed by atoms with Crippen molar-refractivity contribution in [2.24, 2.45) is 0 Å². The van der Waals surface area contributed by atoms with Crippen LogP contribution in [-0.4, -0.2) is 14.3 Å². The van der Waals surface area contributed by atoms with Crippen LogP contribution in [0.15, 0.2) is 52.1 Å². The van der Waals surface area contributed by atoms with Crippen LogP contribution in [0.1, 0.15) is 12.5 Å². The largest absolute Gasteiger partial charge is 0.341 e. The second-order valence-corrected chi connectivity index (χ2v) is 5.26. The summed E-state index contributed by atoms with van der Waals surface area (Å²) < 4.78 is 2.53. The van der Waals surface area contributed by atoms with Gasteiger partial charge in [0.1, 0.15) is 0 Å². The average molecular weight is 290 g/mol. The van der Waals surface area contributed by atoms with Crippen molar-refractivity contribution in [3.63, 3.8) is 0 Å². The summed E-state index contributed by atoms with van der Waals surface area (Å²) in [5, 5.41) is 0. The Morgan fingerprint density at radius 2 is 1.95 bits per heavy atom. The summed E-state index contributed by atoms with van der Waals surface area (Å²) in [5.74, 6) is -0.0888. The number of hydrogen-bond acceptors (Lipinski definition) is 4. The second-order valence-electron chi connectivity index (χ2n) is 4.29. The minimum Gasteiger partial charge on any atom is -0.295 e. The minimum absolute atomic E-state index is 0.0888. The maximum absolute atomic E-state index is 12.1. The fourth-order valence-corrected chi connectivity index (χ4v) is 2.49. The van der Waals surface area contributed by atoms with Crippen LogP contribution in [0.3, 0.4) is 0 Å². The first-order chi connectivity index (χ1) is 9.58. The van der Waals surface area contributed by atoms with E-state index in [4.69, 9.17) is 0 Å². The molecule has 0 amide bonds.